The third kappa shape index (κ3) is 4.41. The molecule has 0 unspecified atom stereocenters. The summed E-state index contributed by atoms with van der Waals surface area (Å²) in [5.74, 6) is 0.0753. The van der Waals surface area contributed by atoms with E-state index in [1.165, 1.54) is 28.7 Å². The minimum atomic E-state index is -0.374. The number of carbonyl (C=O) groups excluding carboxylic acids is 2. The van der Waals surface area contributed by atoms with Gasteiger partial charge in [0.2, 0.25) is 5.91 Å². The average Bonchev–Trinajstić information content (AvgIpc) is 3.40. The fourth-order valence-corrected chi connectivity index (χ4v) is 6.22. The van der Waals surface area contributed by atoms with E-state index >= 15 is 0 Å². The summed E-state index contributed by atoms with van der Waals surface area (Å²) in [5, 5.41) is 4.35. The van der Waals surface area contributed by atoms with Gasteiger partial charge in [-0.25, -0.2) is 9.78 Å². The molecule has 168 valence electrons. The number of aromatic nitrogens is 2. The van der Waals surface area contributed by atoms with Gasteiger partial charge in [-0.05, 0) is 48.6 Å². The molecule has 1 aliphatic rings. The minimum Gasteiger partial charge on any atom is -0.462 e. The van der Waals surface area contributed by atoms with Crippen LogP contribution in [-0.4, -0.2) is 34.2 Å². The predicted octanol–water partition coefficient (Wildman–Crippen LogP) is 5.69. The van der Waals surface area contributed by atoms with Crippen molar-refractivity contribution in [1.29, 1.82) is 0 Å². The summed E-state index contributed by atoms with van der Waals surface area (Å²) in [6, 6.07) is 16.1. The van der Waals surface area contributed by atoms with E-state index in [1.807, 2.05) is 36.4 Å². The van der Waals surface area contributed by atoms with Crippen LogP contribution in [0.5, 0.6) is 0 Å². The Labute approximate surface area is 199 Å². The molecule has 1 amide bonds. The first-order valence-corrected chi connectivity index (χ1v) is 12.7. The number of imidazole rings is 1. The number of fused-ring (bicyclic) bond motifs is 4. The van der Waals surface area contributed by atoms with Gasteiger partial charge in [-0.2, -0.15) is 0 Å². The van der Waals surface area contributed by atoms with Crippen LogP contribution in [0.1, 0.15) is 34.8 Å². The molecule has 5 rings (SSSR count). The van der Waals surface area contributed by atoms with E-state index in [-0.39, 0.29) is 11.9 Å². The molecular formula is C25H23N3O3S2. The number of esters is 1. The van der Waals surface area contributed by atoms with Crippen LogP contribution < -0.4 is 5.32 Å². The number of nitrogens with zero attached hydrogens (tertiary/aromatic N) is 1. The SMILES string of the molecule is CCOC(=O)c1c(NC(=O)CCSc2nc3ccccc3[nH]2)sc2c1CCc1ccccc1-2. The summed E-state index contributed by atoms with van der Waals surface area (Å²) in [5.41, 5.74) is 5.77. The van der Waals surface area contributed by atoms with Gasteiger partial charge in [0.05, 0.1) is 23.2 Å². The Morgan fingerprint density at radius 1 is 1.15 bits per heavy atom. The molecule has 0 bridgehead atoms. The number of anilines is 1. The summed E-state index contributed by atoms with van der Waals surface area (Å²) in [7, 11) is 0. The maximum absolute atomic E-state index is 12.8. The largest absolute Gasteiger partial charge is 0.462 e. The van der Waals surface area contributed by atoms with Crippen LogP contribution in [0.4, 0.5) is 5.00 Å². The van der Waals surface area contributed by atoms with Crippen molar-refractivity contribution in [3.05, 3.63) is 65.2 Å². The van der Waals surface area contributed by atoms with Crippen molar-refractivity contribution in [2.45, 2.75) is 31.3 Å². The number of thiophene rings is 1. The summed E-state index contributed by atoms with van der Waals surface area (Å²) >= 11 is 2.97. The van der Waals surface area contributed by atoms with E-state index in [4.69, 9.17) is 4.74 Å². The predicted molar refractivity (Wildman–Crippen MR) is 133 cm³/mol. The molecule has 2 aromatic heterocycles. The summed E-state index contributed by atoms with van der Waals surface area (Å²) in [6.45, 7) is 2.08. The number of aryl methyl sites for hydroxylation is 1. The van der Waals surface area contributed by atoms with E-state index < -0.39 is 0 Å². The first kappa shape index (κ1) is 21.7. The summed E-state index contributed by atoms with van der Waals surface area (Å²) < 4.78 is 5.33. The number of nitrogens with one attached hydrogen (secondary N) is 2. The van der Waals surface area contributed by atoms with Crippen LogP contribution in [0.15, 0.2) is 53.7 Å². The maximum atomic E-state index is 12.8. The molecule has 33 heavy (non-hydrogen) atoms. The molecule has 2 aromatic carbocycles. The molecule has 2 heterocycles. The first-order valence-electron chi connectivity index (χ1n) is 10.9. The lowest BCUT2D eigenvalue weighted by Crippen LogP contribution is -2.16. The van der Waals surface area contributed by atoms with Crippen LogP contribution in [0.3, 0.4) is 0 Å². The van der Waals surface area contributed by atoms with Crippen molar-refractivity contribution in [3.63, 3.8) is 0 Å². The molecule has 0 radical (unpaired) electrons. The van der Waals surface area contributed by atoms with Gasteiger partial charge in [0.25, 0.3) is 0 Å². The van der Waals surface area contributed by atoms with Gasteiger partial charge in [0, 0.05) is 17.1 Å². The first-order chi connectivity index (χ1) is 16.1. The number of ether oxygens (including phenoxy) is 1. The third-order valence-corrected chi connectivity index (χ3v) is 7.64. The average molecular weight is 478 g/mol. The second-order valence-corrected chi connectivity index (χ2v) is 9.80. The summed E-state index contributed by atoms with van der Waals surface area (Å²) in [4.78, 5) is 34.4. The van der Waals surface area contributed by atoms with Crippen molar-refractivity contribution in [1.82, 2.24) is 9.97 Å². The Morgan fingerprint density at radius 3 is 2.82 bits per heavy atom. The van der Waals surface area contributed by atoms with E-state index in [0.29, 0.717) is 29.3 Å². The molecule has 0 aliphatic heterocycles. The fourth-order valence-electron chi connectivity index (χ4n) is 4.08. The highest BCUT2D eigenvalue weighted by molar-refractivity contribution is 7.99. The fraction of sp³-hybridized carbons (Fsp3) is 0.240. The highest BCUT2D eigenvalue weighted by Crippen LogP contribution is 2.45. The van der Waals surface area contributed by atoms with Gasteiger partial charge >= 0.3 is 5.97 Å². The molecule has 1 aliphatic carbocycles. The van der Waals surface area contributed by atoms with E-state index in [0.717, 1.165) is 45.0 Å². The molecule has 2 N–H and O–H groups in total. The van der Waals surface area contributed by atoms with Crippen LogP contribution in [0, 0.1) is 0 Å². The zero-order chi connectivity index (χ0) is 22.8. The van der Waals surface area contributed by atoms with Crippen molar-refractivity contribution in [2.75, 3.05) is 17.7 Å². The van der Waals surface area contributed by atoms with E-state index in [2.05, 4.69) is 27.4 Å². The monoisotopic (exact) mass is 477 g/mol. The van der Waals surface area contributed by atoms with Gasteiger partial charge < -0.3 is 15.0 Å². The Balaban J connectivity index is 1.32. The topological polar surface area (TPSA) is 84.1 Å². The van der Waals surface area contributed by atoms with Crippen LogP contribution in [0.25, 0.3) is 21.5 Å². The van der Waals surface area contributed by atoms with Crippen molar-refractivity contribution < 1.29 is 14.3 Å². The molecule has 0 fully saturated rings. The molecule has 0 saturated heterocycles. The molecule has 0 spiro atoms. The highest BCUT2D eigenvalue weighted by Gasteiger charge is 2.29. The number of para-hydroxylation sites is 2. The standard InChI is InChI=1S/C25H23N3O3S2/c1-2-31-24(30)21-17-12-11-15-7-3-4-8-16(15)22(17)33-23(21)28-20(29)13-14-32-25-26-18-9-5-6-10-19(18)27-25/h3-10H,2,11-14H2,1H3,(H,26,27)(H,28,29). The van der Waals surface area contributed by atoms with Crippen molar-refractivity contribution in [3.8, 4) is 10.4 Å². The van der Waals surface area contributed by atoms with E-state index in [9.17, 15) is 9.59 Å². The number of aromatic amines is 1. The Morgan fingerprint density at radius 2 is 1.97 bits per heavy atom. The van der Waals surface area contributed by atoms with Gasteiger partial charge in [-0.1, -0.05) is 48.2 Å². The number of hydrogen-bond acceptors (Lipinski definition) is 6. The number of carbonyl (C=O) groups is 2. The molecule has 6 nitrogen and oxygen atoms in total. The molecule has 8 heteroatoms. The van der Waals surface area contributed by atoms with Gasteiger partial charge in [-0.3, -0.25) is 4.79 Å². The number of H-pyrrole nitrogens is 1. The lowest BCUT2D eigenvalue weighted by molar-refractivity contribution is -0.115. The van der Waals surface area contributed by atoms with Crippen molar-refractivity contribution in [2.24, 2.45) is 0 Å². The normalized spacial score (nSPS) is 12.3. The van der Waals surface area contributed by atoms with Crippen molar-refractivity contribution >= 4 is 51.0 Å². The number of benzene rings is 2. The lowest BCUT2D eigenvalue weighted by Gasteiger charge is -2.16. The lowest BCUT2D eigenvalue weighted by atomic mass is 9.89. The number of hydrogen-bond donors (Lipinski definition) is 2. The Kier molecular flexibility index (Phi) is 6.20. The van der Waals surface area contributed by atoms with Crippen LogP contribution >= 0.6 is 23.1 Å². The van der Waals surface area contributed by atoms with Gasteiger partial charge in [0.15, 0.2) is 5.16 Å². The molecule has 0 atom stereocenters. The third-order valence-electron chi connectivity index (χ3n) is 5.58. The zero-order valence-electron chi connectivity index (χ0n) is 18.1. The highest BCUT2D eigenvalue weighted by atomic mass is 32.2. The molecule has 4 aromatic rings. The number of thioether (sulfide) groups is 1. The molecule has 0 saturated carbocycles. The molecular weight excluding hydrogens is 454 g/mol. The zero-order valence-corrected chi connectivity index (χ0v) is 19.8. The summed E-state index contributed by atoms with van der Waals surface area (Å²) in [6.07, 6.45) is 1.94. The smallest absolute Gasteiger partial charge is 0.341 e. The van der Waals surface area contributed by atoms with Crippen LogP contribution in [-0.2, 0) is 22.4 Å². The Bertz CT molecular complexity index is 1310. The van der Waals surface area contributed by atoms with Crippen LogP contribution in [0.2, 0.25) is 0 Å². The second-order valence-electron chi connectivity index (χ2n) is 7.70. The number of amides is 1. The second kappa shape index (κ2) is 9.41. The van der Waals surface area contributed by atoms with Gasteiger partial charge in [-0.15, -0.1) is 11.3 Å². The van der Waals surface area contributed by atoms with Gasteiger partial charge in [0.1, 0.15) is 5.00 Å². The Hall–Kier alpha value is -3.10. The minimum absolute atomic E-state index is 0.129. The van der Waals surface area contributed by atoms with E-state index in [1.54, 1.807) is 6.92 Å². The maximum Gasteiger partial charge on any atom is 0.341 e. The number of rotatable bonds is 7. The quantitative estimate of drug-likeness (QED) is 0.264.